The Bertz CT molecular complexity index is 589. The average molecular weight is 323 g/mol. The second kappa shape index (κ2) is 5.44. The fourth-order valence-corrected chi connectivity index (χ4v) is 2.32. The number of halogens is 1. The van der Waals surface area contributed by atoms with Crippen LogP contribution in [0.5, 0.6) is 0 Å². The molecule has 0 saturated heterocycles. The molecule has 1 amide bonds. The highest BCUT2D eigenvalue weighted by Crippen LogP contribution is 2.16. The zero-order valence-electron chi connectivity index (χ0n) is 10.8. The molecule has 5 nitrogen and oxygen atoms in total. The van der Waals surface area contributed by atoms with Crippen molar-refractivity contribution in [3.05, 3.63) is 46.2 Å². The minimum absolute atomic E-state index is 0.141. The second-order valence-electron chi connectivity index (χ2n) is 4.36. The first-order valence-corrected chi connectivity index (χ1v) is 6.55. The van der Waals surface area contributed by atoms with E-state index in [2.05, 4.69) is 21.0 Å². The van der Waals surface area contributed by atoms with Crippen LogP contribution in [0.15, 0.2) is 34.9 Å². The van der Waals surface area contributed by atoms with Crippen LogP contribution >= 0.6 is 15.9 Å². The van der Waals surface area contributed by atoms with Gasteiger partial charge in [-0.05, 0) is 17.7 Å². The number of nitrogen functional groups attached to an aromatic ring is 1. The molecule has 1 aromatic heterocycles. The molecule has 0 aliphatic rings. The molecule has 6 heteroatoms. The van der Waals surface area contributed by atoms with Crippen molar-refractivity contribution < 1.29 is 4.79 Å². The lowest BCUT2D eigenvalue weighted by atomic mass is 10.2. The Kier molecular flexibility index (Phi) is 3.90. The molecule has 100 valence electrons. The first-order valence-electron chi connectivity index (χ1n) is 5.76. The third-order valence-electron chi connectivity index (χ3n) is 2.83. The molecule has 2 rings (SSSR count). The van der Waals surface area contributed by atoms with Crippen LogP contribution in [0.2, 0.25) is 0 Å². The number of hydrogen-bond donors (Lipinski definition) is 1. The minimum Gasteiger partial charge on any atom is -0.396 e. The second-order valence-corrected chi connectivity index (χ2v) is 5.28. The van der Waals surface area contributed by atoms with E-state index in [1.165, 1.54) is 10.9 Å². The smallest absolute Gasteiger partial charge is 0.274 e. The zero-order valence-corrected chi connectivity index (χ0v) is 12.4. The summed E-state index contributed by atoms with van der Waals surface area (Å²) in [6.45, 7) is 0.517. The summed E-state index contributed by atoms with van der Waals surface area (Å²) < 4.78 is 2.49. The molecule has 0 fully saturated rings. The van der Waals surface area contributed by atoms with Gasteiger partial charge in [0.2, 0.25) is 0 Å². The van der Waals surface area contributed by atoms with Gasteiger partial charge < -0.3 is 10.6 Å². The quantitative estimate of drug-likeness (QED) is 0.940. The first kappa shape index (κ1) is 13.6. The predicted molar refractivity (Wildman–Crippen MR) is 77.6 cm³/mol. The SMILES string of the molecule is CN(Cc1cccc(Br)c1)C(=O)c1c(N)cnn1C. The van der Waals surface area contributed by atoms with E-state index in [1.807, 2.05) is 24.3 Å². The van der Waals surface area contributed by atoms with E-state index in [4.69, 9.17) is 5.73 Å². The van der Waals surface area contributed by atoms with Crippen LogP contribution < -0.4 is 5.73 Å². The van der Waals surface area contributed by atoms with Crippen LogP contribution in [0.25, 0.3) is 0 Å². The van der Waals surface area contributed by atoms with Gasteiger partial charge in [0, 0.05) is 25.1 Å². The Labute approximate surface area is 120 Å². The van der Waals surface area contributed by atoms with E-state index in [0.717, 1.165) is 10.0 Å². The fourth-order valence-electron chi connectivity index (χ4n) is 1.88. The largest absolute Gasteiger partial charge is 0.396 e. The Hall–Kier alpha value is -1.82. The molecule has 0 aliphatic heterocycles. The highest BCUT2D eigenvalue weighted by atomic mass is 79.9. The first-order chi connectivity index (χ1) is 8.99. The van der Waals surface area contributed by atoms with Crippen LogP contribution in [0.4, 0.5) is 5.69 Å². The number of nitrogens with zero attached hydrogens (tertiary/aromatic N) is 3. The van der Waals surface area contributed by atoms with Crippen molar-refractivity contribution in [3.8, 4) is 0 Å². The number of amides is 1. The summed E-state index contributed by atoms with van der Waals surface area (Å²) in [6, 6.07) is 7.85. The van der Waals surface area contributed by atoms with Gasteiger partial charge in [0.1, 0.15) is 5.69 Å². The highest BCUT2D eigenvalue weighted by molar-refractivity contribution is 9.10. The molecule has 19 heavy (non-hydrogen) atoms. The van der Waals surface area contributed by atoms with Gasteiger partial charge in [0.05, 0.1) is 11.9 Å². The molecular formula is C13H15BrN4O. The number of aromatic nitrogens is 2. The molecule has 2 N–H and O–H groups in total. The van der Waals surface area contributed by atoms with E-state index in [0.29, 0.717) is 17.9 Å². The molecule has 0 aliphatic carbocycles. The summed E-state index contributed by atoms with van der Waals surface area (Å²) in [5, 5.41) is 3.98. The maximum Gasteiger partial charge on any atom is 0.274 e. The molecule has 0 atom stereocenters. The predicted octanol–water partition coefficient (Wildman–Crippen LogP) is 2.04. The van der Waals surface area contributed by atoms with Gasteiger partial charge in [-0.15, -0.1) is 0 Å². The van der Waals surface area contributed by atoms with Crippen molar-refractivity contribution >= 4 is 27.5 Å². The van der Waals surface area contributed by atoms with Crippen molar-refractivity contribution in [2.24, 2.45) is 7.05 Å². The lowest BCUT2D eigenvalue weighted by Crippen LogP contribution is -2.28. The van der Waals surface area contributed by atoms with Crippen molar-refractivity contribution in [1.82, 2.24) is 14.7 Å². The molecule has 1 heterocycles. The molecule has 0 bridgehead atoms. The topological polar surface area (TPSA) is 64.2 Å². The summed E-state index contributed by atoms with van der Waals surface area (Å²) in [6.07, 6.45) is 1.49. The summed E-state index contributed by atoms with van der Waals surface area (Å²) in [7, 11) is 3.45. The van der Waals surface area contributed by atoms with Gasteiger partial charge in [0.25, 0.3) is 5.91 Å². The van der Waals surface area contributed by atoms with E-state index >= 15 is 0 Å². The molecule has 0 saturated carbocycles. The van der Waals surface area contributed by atoms with Gasteiger partial charge in [-0.3, -0.25) is 9.48 Å². The number of carbonyl (C=O) groups is 1. The summed E-state index contributed by atoms with van der Waals surface area (Å²) in [5.41, 5.74) is 7.62. The Morgan fingerprint density at radius 2 is 2.26 bits per heavy atom. The third-order valence-corrected chi connectivity index (χ3v) is 3.32. The minimum atomic E-state index is -0.141. The molecule has 1 aromatic carbocycles. The molecule has 0 unspecified atom stereocenters. The fraction of sp³-hybridized carbons (Fsp3) is 0.231. The Morgan fingerprint density at radius 3 is 2.84 bits per heavy atom. The standard InChI is InChI=1S/C13H15BrN4O/c1-17(8-9-4-3-5-10(14)6-9)13(19)12-11(15)7-16-18(12)2/h3-7H,8,15H2,1-2H3. The molecular weight excluding hydrogens is 308 g/mol. The number of rotatable bonds is 3. The average Bonchev–Trinajstić information content (AvgIpc) is 2.68. The third kappa shape index (κ3) is 2.96. The summed E-state index contributed by atoms with van der Waals surface area (Å²) >= 11 is 3.41. The number of carbonyl (C=O) groups excluding carboxylic acids is 1. The zero-order chi connectivity index (χ0) is 14.0. The number of anilines is 1. The van der Waals surface area contributed by atoms with Crippen LogP contribution in [-0.4, -0.2) is 27.6 Å². The van der Waals surface area contributed by atoms with Crippen LogP contribution in [-0.2, 0) is 13.6 Å². The maximum atomic E-state index is 12.3. The summed E-state index contributed by atoms with van der Waals surface area (Å²) in [5.74, 6) is -0.141. The van der Waals surface area contributed by atoms with Crippen molar-refractivity contribution in [2.75, 3.05) is 12.8 Å². The van der Waals surface area contributed by atoms with E-state index < -0.39 is 0 Å². The lowest BCUT2D eigenvalue weighted by Gasteiger charge is -2.17. The van der Waals surface area contributed by atoms with Gasteiger partial charge >= 0.3 is 0 Å². The van der Waals surface area contributed by atoms with Crippen LogP contribution in [0.1, 0.15) is 16.1 Å². The lowest BCUT2D eigenvalue weighted by molar-refractivity contribution is 0.0775. The van der Waals surface area contributed by atoms with Gasteiger partial charge in [-0.2, -0.15) is 5.10 Å². The molecule has 0 spiro atoms. The van der Waals surface area contributed by atoms with E-state index in [9.17, 15) is 4.79 Å². The van der Waals surface area contributed by atoms with Crippen molar-refractivity contribution in [1.29, 1.82) is 0 Å². The van der Waals surface area contributed by atoms with Crippen molar-refractivity contribution in [2.45, 2.75) is 6.54 Å². The van der Waals surface area contributed by atoms with Crippen LogP contribution in [0, 0.1) is 0 Å². The normalized spacial score (nSPS) is 10.5. The Balaban J connectivity index is 2.16. The van der Waals surface area contributed by atoms with E-state index in [1.54, 1.807) is 19.0 Å². The number of nitrogens with two attached hydrogens (primary N) is 1. The van der Waals surface area contributed by atoms with E-state index in [-0.39, 0.29) is 5.91 Å². The monoisotopic (exact) mass is 322 g/mol. The highest BCUT2D eigenvalue weighted by Gasteiger charge is 2.19. The van der Waals surface area contributed by atoms with Crippen LogP contribution in [0.3, 0.4) is 0 Å². The maximum absolute atomic E-state index is 12.3. The summed E-state index contributed by atoms with van der Waals surface area (Å²) in [4.78, 5) is 13.9. The van der Waals surface area contributed by atoms with Gasteiger partial charge in [-0.1, -0.05) is 28.1 Å². The number of aryl methyl sites for hydroxylation is 1. The van der Waals surface area contributed by atoms with Crippen molar-refractivity contribution in [3.63, 3.8) is 0 Å². The van der Waals surface area contributed by atoms with Gasteiger partial charge in [0.15, 0.2) is 0 Å². The molecule has 2 aromatic rings. The Morgan fingerprint density at radius 1 is 1.53 bits per heavy atom. The number of hydrogen-bond acceptors (Lipinski definition) is 3. The number of benzene rings is 1. The molecule has 0 radical (unpaired) electrons. The van der Waals surface area contributed by atoms with Gasteiger partial charge in [-0.25, -0.2) is 0 Å².